The second kappa shape index (κ2) is 7.23. The van der Waals surface area contributed by atoms with Gasteiger partial charge >= 0.3 is 0 Å². The number of hydrogen-bond donors (Lipinski definition) is 0. The summed E-state index contributed by atoms with van der Waals surface area (Å²) in [5.41, 5.74) is 0.709. The van der Waals surface area contributed by atoms with Crippen molar-refractivity contribution in [1.29, 1.82) is 0 Å². The average Bonchev–Trinajstić information content (AvgIpc) is 2.70. The van der Waals surface area contributed by atoms with E-state index >= 15 is 0 Å². The SMILES string of the molecule is Cc1ccc(N2C=C(C(=O)N3CCOCC3)S(=O)(=O)c3ccc(F)cc32)cc1F. The van der Waals surface area contributed by atoms with E-state index in [1.165, 1.54) is 21.9 Å². The van der Waals surface area contributed by atoms with Crippen LogP contribution in [0.1, 0.15) is 5.56 Å². The van der Waals surface area contributed by atoms with E-state index < -0.39 is 32.3 Å². The Balaban J connectivity index is 1.89. The number of carbonyl (C=O) groups excluding carboxylic acids is 1. The fraction of sp³-hybridized carbons (Fsp3) is 0.250. The van der Waals surface area contributed by atoms with Crippen molar-refractivity contribution >= 4 is 27.1 Å². The molecule has 2 aliphatic rings. The number of morpholine rings is 1. The largest absolute Gasteiger partial charge is 0.378 e. The van der Waals surface area contributed by atoms with Crippen LogP contribution in [-0.4, -0.2) is 45.5 Å². The fourth-order valence-corrected chi connectivity index (χ4v) is 4.84. The molecule has 0 aliphatic carbocycles. The summed E-state index contributed by atoms with van der Waals surface area (Å²) in [6, 6.07) is 7.53. The molecule has 0 saturated carbocycles. The first-order valence-electron chi connectivity index (χ1n) is 8.98. The summed E-state index contributed by atoms with van der Waals surface area (Å²) in [7, 11) is -4.18. The number of benzene rings is 2. The molecule has 0 radical (unpaired) electrons. The van der Waals surface area contributed by atoms with E-state index in [-0.39, 0.29) is 29.4 Å². The highest BCUT2D eigenvalue weighted by molar-refractivity contribution is 7.96. The molecule has 0 N–H and O–H groups in total. The number of halogens is 2. The van der Waals surface area contributed by atoms with Crippen molar-refractivity contribution in [2.45, 2.75) is 11.8 Å². The normalized spacial score (nSPS) is 18.2. The van der Waals surface area contributed by atoms with Crippen LogP contribution in [0.15, 0.2) is 52.4 Å². The quantitative estimate of drug-likeness (QED) is 0.699. The summed E-state index contributed by atoms with van der Waals surface area (Å²) in [4.78, 5) is 15.1. The number of fused-ring (bicyclic) bond motifs is 1. The molecule has 0 atom stereocenters. The van der Waals surface area contributed by atoms with Crippen molar-refractivity contribution in [3.05, 3.63) is 64.7 Å². The number of sulfone groups is 1. The van der Waals surface area contributed by atoms with Gasteiger partial charge in [-0.2, -0.15) is 0 Å². The molecule has 6 nitrogen and oxygen atoms in total. The van der Waals surface area contributed by atoms with Crippen molar-refractivity contribution in [2.24, 2.45) is 0 Å². The van der Waals surface area contributed by atoms with Gasteiger partial charge in [-0.05, 0) is 42.8 Å². The minimum absolute atomic E-state index is 0.0202. The van der Waals surface area contributed by atoms with Crippen molar-refractivity contribution in [3.8, 4) is 0 Å². The van der Waals surface area contributed by atoms with Crippen molar-refractivity contribution in [1.82, 2.24) is 4.90 Å². The molecule has 2 aromatic carbocycles. The summed E-state index contributed by atoms with van der Waals surface area (Å²) >= 11 is 0. The Labute approximate surface area is 166 Å². The smallest absolute Gasteiger partial charge is 0.267 e. The van der Waals surface area contributed by atoms with E-state index in [9.17, 15) is 22.0 Å². The second-order valence-electron chi connectivity index (χ2n) is 6.82. The Hall–Kier alpha value is -2.78. The molecule has 2 heterocycles. The molecule has 2 aliphatic heterocycles. The lowest BCUT2D eigenvalue weighted by atomic mass is 10.2. The molecule has 0 aromatic heterocycles. The van der Waals surface area contributed by atoms with Gasteiger partial charge in [-0.1, -0.05) is 6.07 Å². The Kier molecular flexibility index (Phi) is 4.87. The Morgan fingerprint density at radius 2 is 1.79 bits per heavy atom. The second-order valence-corrected chi connectivity index (χ2v) is 8.70. The maximum absolute atomic E-state index is 14.2. The predicted octanol–water partition coefficient (Wildman–Crippen LogP) is 2.90. The van der Waals surface area contributed by atoms with Crippen LogP contribution in [0.25, 0.3) is 0 Å². The summed E-state index contributed by atoms with van der Waals surface area (Å²) in [5, 5.41) is 0. The highest BCUT2D eigenvalue weighted by atomic mass is 32.2. The zero-order valence-electron chi connectivity index (χ0n) is 15.6. The van der Waals surface area contributed by atoms with Gasteiger partial charge in [-0.25, -0.2) is 17.2 Å². The van der Waals surface area contributed by atoms with Gasteiger partial charge in [0.25, 0.3) is 5.91 Å². The third-order valence-electron chi connectivity index (χ3n) is 4.95. The molecule has 1 fully saturated rings. The first kappa shape index (κ1) is 19.5. The number of amides is 1. The minimum atomic E-state index is -4.18. The zero-order chi connectivity index (χ0) is 20.8. The van der Waals surface area contributed by atoms with E-state index in [0.29, 0.717) is 18.8 Å². The van der Waals surface area contributed by atoms with Crippen LogP contribution in [0, 0.1) is 18.6 Å². The van der Waals surface area contributed by atoms with Crippen molar-refractivity contribution < 1.29 is 26.7 Å². The standard InChI is InChI=1S/C20H18F2N2O4S/c1-13-2-4-15(11-16(13)22)24-12-19(20(25)23-6-8-28-9-7-23)29(26,27)18-5-3-14(21)10-17(18)24/h2-5,10-12H,6-9H2,1H3. The Morgan fingerprint density at radius 3 is 2.48 bits per heavy atom. The Bertz CT molecular complexity index is 1130. The van der Waals surface area contributed by atoms with E-state index in [1.807, 2.05) is 0 Å². The molecule has 29 heavy (non-hydrogen) atoms. The minimum Gasteiger partial charge on any atom is -0.378 e. The van der Waals surface area contributed by atoms with E-state index in [0.717, 1.165) is 24.4 Å². The number of carbonyl (C=O) groups is 1. The van der Waals surface area contributed by atoms with Gasteiger partial charge in [-0.15, -0.1) is 0 Å². The highest BCUT2D eigenvalue weighted by Gasteiger charge is 2.38. The first-order chi connectivity index (χ1) is 13.8. The van der Waals surface area contributed by atoms with Crippen LogP contribution in [0.3, 0.4) is 0 Å². The van der Waals surface area contributed by atoms with Gasteiger partial charge < -0.3 is 14.5 Å². The lowest BCUT2D eigenvalue weighted by Gasteiger charge is -2.32. The lowest BCUT2D eigenvalue weighted by molar-refractivity contribution is -0.130. The van der Waals surface area contributed by atoms with Gasteiger partial charge in [-0.3, -0.25) is 4.79 Å². The van der Waals surface area contributed by atoms with Crippen LogP contribution in [0.4, 0.5) is 20.2 Å². The molecule has 152 valence electrons. The van der Waals surface area contributed by atoms with Crippen LogP contribution in [0.2, 0.25) is 0 Å². The fourth-order valence-electron chi connectivity index (χ4n) is 3.32. The average molecular weight is 420 g/mol. The molecular weight excluding hydrogens is 402 g/mol. The number of aryl methyl sites for hydroxylation is 1. The molecule has 4 rings (SSSR count). The summed E-state index contributed by atoms with van der Waals surface area (Å²) in [6.45, 7) is 2.75. The molecule has 2 aromatic rings. The van der Waals surface area contributed by atoms with E-state index in [2.05, 4.69) is 0 Å². The number of anilines is 2. The molecule has 1 amide bonds. The third-order valence-corrected chi connectivity index (χ3v) is 6.73. The molecule has 0 unspecified atom stereocenters. The monoisotopic (exact) mass is 420 g/mol. The maximum atomic E-state index is 14.2. The maximum Gasteiger partial charge on any atom is 0.267 e. The van der Waals surface area contributed by atoms with E-state index in [4.69, 9.17) is 4.74 Å². The van der Waals surface area contributed by atoms with Crippen LogP contribution in [-0.2, 0) is 19.4 Å². The molecule has 9 heteroatoms. The number of nitrogens with zero attached hydrogens (tertiary/aromatic N) is 2. The van der Waals surface area contributed by atoms with Gasteiger partial charge in [0, 0.05) is 25.0 Å². The summed E-state index contributed by atoms with van der Waals surface area (Å²) in [5.74, 6) is -1.81. The third kappa shape index (κ3) is 3.40. The van der Waals surface area contributed by atoms with Crippen molar-refractivity contribution in [3.63, 3.8) is 0 Å². The van der Waals surface area contributed by atoms with Crippen LogP contribution < -0.4 is 4.90 Å². The summed E-state index contributed by atoms with van der Waals surface area (Å²) < 4.78 is 59.6. The lowest BCUT2D eigenvalue weighted by Crippen LogP contribution is -2.43. The van der Waals surface area contributed by atoms with Gasteiger partial charge in [0.05, 0.1) is 23.8 Å². The highest BCUT2D eigenvalue weighted by Crippen LogP contribution is 2.40. The zero-order valence-corrected chi connectivity index (χ0v) is 16.4. The van der Waals surface area contributed by atoms with Crippen LogP contribution in [0.5, 0.6) is 0 Å². The molecule has 0 bridgehead atoms. The topological polar surface area (TPSA) is 66.9 Å². The number of hydrogen-bond acceptors (Lipinski definition) is 5. The number of ether oxygens (including phenoxy) is 1. The van der Waals surface area contributed by atoms with Crippen molar-refractivity contribution in [2.75, 3.05) is 31.2 Å². The van der Waals surface area contributed by atoms with Gasteiger partial charge in [0.1, 0.15) is 11.6 Å². The Morgan fingerprint density at radius 1 is 1.07 bits per heavy atom. The van der Waals surface area contributed by atoms with Gasteiger partial charge in [0.15, 0.2) is 4.91 Å². The van der Waals surface area contributed by atoms with E-state index in [1.54, 1.807) is 13.0 Å². The predicted molar refractivity (Wildman–Crippen MR) is 102 cm³/mol. The molecule has 1 saturated heterocycles. The molecular formula is C20H18F2N2O4S. The number of rotatable bonds is 2. The first-order valence-corrected chi connectivity index (χ1v) is 10.5. The van der Waals surface area contributed by atoms with Gasteiger partial charge in [0.2, 0.25) is 9.84 Å². The summed E-state index contributed by atoms with van der Waals surface area (Å²) in [6.07, 6.45) is 1.14. The van der Waals surface area contributed by atoms with Crippen LogP contribution >= 0.6 is 0 Å². The molecule has 0 spiro atoms.